The molecular weight excluding hydrogens is 240 g/mol. The first kappa shape index (κ1) is 16.4. The summed E-state index contributed by atoms with van der Waals surface area (Å²) in [6.07, 6.45) is 1.47. The normalized spacial score (nSPS) is 25.2. The van der Waals surface area contributed by atoms with E-state index in [4.69, 9.17) is 0 Å². The maximum absolute atomic E-state index is 12.5. The molecule has 1 saturated heterocycles. The number of aliphatic hydroxyl groups is 1. The molecule has 4 nitrogen and oxygen atoms in total. The van der Waals surface area contributed by atoms with Crippen LogP contribution in [0.4, 0.5) is 0 Å². The van der Waals surface area contributed by atoms with Crippen molar-refractivity contribution in [1.82, 2.24) is 9.80 Å². The molecule has 1 heterocycles. The molecule has 1 amide bonds. The van der Waals surface area contributed by atoms with Crippen LogP contribution in [0.1, 0.15) is 47.5 Å². The molecule has 1 N–H and O–H groups in total. The zero-order valence-electron chi connectivity index (χ0n) is 13.2. The highest BCUT2D eigenvalue weighted by Crippen LogP contribution is 2.27. The molecule has 1 rings (SSSR count). The van der Waals surface area contributed by atoms with Gasteiger partial charge in [-0.1, -0.05) is 34.6 Å². The number of carbonyl (C=O) groups is 1. The van der Waals surface area contributed by atoms with Gasteiger partial charge < -0.3 is 14.9 Å². The molecule has 0 bridgehead atoms. The smallest absolute Gasteiger partial charge is 0.255 e. The summed E-state index contributed by atoms with van der Waals surface area (Å²) in [4.78, 5) is 16.5. The van der Waals surface area contributed by atoms with Gasteiger partial charge in [0.1, 0.15) is 0 Å². The standard InChI is InChI=1S/C15H30N2O2/c1-6-16(7-2)12-15(19)9-8-10-17(13(15)18)11-14(3,4)5/h19H,6-12H2,1-5H3/t15-/m0/s1. The molecule has 1 aliphatic rings. The highest BCUT2D eigenvalue weighted by molar-refractivity contribution is 5.86. The van der Waals surface area contributed by atoms with Gasteiger partial charge in [-0.25, -0.2) is 0 Å². The molecule has 0 radical (unpaired) electrons. The van der Waals surface area contributed by atoms with E-state index in [1.54, 1.807) is 0 Å². The summed E-state index contributed by atoms with van der Waals surface area (Å²) in [5, 5.41) is 10.7. The third-order valence-corrected chi connectivity index (χ3v) is 3.75. The lowest BCUT2D eigenvalue weighted by Crippen LogP contribution is -2.59. The minimum Gasteiger partial charge on any atom is -0.379 e. The molecule has 0 aromatic carbocycles. The summed E-state index contributed by atoms with van der Waals surface area (Å²) in [5.41, 5.74) is -1.11. The van der Waals surface area contributed by atoms with Gasteiger partial charge >= 0.3 is 0 Å². The van der Waals surface area contributed by atoms with E-state index in [2.05, 4.69) is 39.5 Å². The Morgan fingerprint density at radius 2 is 1.89 bits per heavy atom. The van der Waals surface area contributed by atoms with Gasteiger partial charge in [-0.3, -0.25) is 4.79 Å². The highest BCUT2D eigenvalue weighted by Gasteiger charge is 2.43. The average Bonchev–Trinajstić information content (AvgIpc) is 2.31. The third-order valence-electron chi connectivity index (χ3n) is 3.75. The Kier molecular flexibility index (Phi) is 5.39. The van der Waals surface area contributed by atoms with Gasteiger partial charge in [-0.15, -0.1) is 0 Å². The third kappa shape index (κ3) is 4.46. The Labute approximate surface area is 117 Å². The lowest BCUT2D eigenvalue weighted by Gasteiger charge is -2.42. The Morgan fingerprint density at radius 3 is 2.37 bits per heavy atom. The van der Waals surface area contributed by atoms with E-state index in [-0.39, 0.29) is 11.3 Å². The van der Waals surface area contributed by atoms with Crippen LogP contribution in [0.15, 0.2) is 0 Å². The summed E-state index contributed by atoms with van der Waals surface area (Å²) >= 11 is 0. The first-order chi connectivity index (χ1) is 8.72. The minimum atomic E-state index is -1.18. The van der Waals surface area contributed by atoms with Crippen molar-refractivity contribution in [3.63, 3.8) is 0 Å². The number of likely N-dealkylation sites (N-methyl/N-ethyl adjacent to an activating group) is 1. The van der Waals surface area contributed by atoms with Gasteiger partial charge in [-0.2, -0.15) is 0 Å². The first-order valence-corrected chi connectivity index (χ1v) is 7.46. The van der Waals surface area contributed by atoms with Gasteiger partial charge in [0.05, 0.1) is 0 Å². The number of carbonyl (C=O) groups excluding carboxylic acids is 1. The molecule has 0 unspecified atom stereocenters. The monoisotopic (exact) mass is 270 g/mol. The van der Waals surface area contributed by atoms with E-state index in [9.17, 15) is 9.90 Å². The van der Waals surface area contributed by atoms with Gasteiger partial charge in [0, 0.05) is 19.6 Å². The minimum absolute atomic E-state index is 0.0725. The topological polar surface area (TPSA) is 43.8 Å². The lowest BCUT2D eigenvalue weighted by molar-refractivity contribution is -0.160. The maximum atomic E-state index is 12.5. The summed E-state index contributed by atoms with van der Waals surface area (Å²) in [7, 11) is 0. The van der Waals surface area contributed by atoms with Crippen molar-refractivity contribution >= 4 is 5.91 Å². The summed E-state index contributed by atoms with van der Waals surface area (Å²) in [6.45, 7) is 14.2. The summed E-state index contributed by atoms with van der Waals surface area (Å²) in [5.74, 6) is -0.0828. The zero-order valence-corrected chi connectivity index (χ0v) is 13.2. The Bertz CT molecular complexity index is 308. The molecule has 0 aliphatic carbocycles. The molecule has 112 valence electrons. The van der Waals surface area contributed by atoms with Crippen molar-refractivity contribution in [2.75, 3.05) is 32.7 Å². The van der Waals surface area contributed by atoms with Gasteiger partial charge in [0.2, 0.25) is 0 Å². The number of rotatable bonds is 5. The van der Waals surface area contributed by atoms with E-state index in [0.29, 0.717) is 19.5 Å². The lowest BCUT2D eigenvalue weighted by atomic mass is 9.88. The van der Waals surface area contributed by atoms with Crippen LogP contribution in [0, 0.1) is 5.41 Å². The fourth-order valence-electron chi connectivity index (χ4n) is 2.75. The van der Waals surface area contributed by atoms with Crippen LogP contribution in [0.25, 0.3) is 0 Å². The second kappa shape index (κ2) is 6.23. The van der Waals surface area contributed by atoms with E-state index >= 15 is 0 Å². The molecule has 19 heavy (non-hydrogen) atoms. The fourth-order valence-corrected chi connectivity index (χ4v) is 2.75. The van der Waals surface area contributed by atoms with Crippen molar-refractivity contribution in [3.05, 3.63) is 0 Å². The Hall–Kier alpha value is -0.610. The number of likely N-dealkylation sites (tertiary alicyclic amines) is 1. The van der Waals surface area contributed by atoms with Crippen molar-refractivity contribution in [2.45, 2.75) is 53.1 Å². The van der Waals surface area contributed by atoms with Crippen LogP contribution in [-0.4, -0.2) is 59.1 Å². The molecule has 4 heteroatoms. The van der Waals surface area contributed by atoms with Gasteiger partial charge in [0.25, 0.3) is 5.91 Å². The number of hydrogen-bond donors (Lipinski definition) is 1. The second-order valence-electron chi connectivity index (χ2n) is 6.88. The second-order valence-corrected chi connectivity index (χ2v) is 6.88. The van der Waals surface area contributed by atoms with Crippen molar-refractivity contribution in [3.8, 4) is 0 Å². The van der Waals surface area contributed by atoms with Crippen molar-refractivity contribution in [2.24, 2.45) is 5.41 Å². The van der Waals surface area contributed by atoms with Gasteiger partial charge in [-0.05, 0) is 31.3 Å². The van der Waals surface area contributed by atoms with E-state index in [1.807, 2.05) is 4.90 Å². The van der Waals surface area contributed by atoms with E-state index in [0.717, 1.165) is 26.1 Å². The Morgan fingerprint density at radius 1 is 1.32 bits per heavy atom. The number of piperidine rings is 1. The molecule has 1 aliphatic heterocycles. The SMILES string of the molecule is CCN(CC)C[C@@]1(O)CCCN(CC(C)(C)C)C1=O. The van der Waals surface area contributed by atoms with Crippen LogP contribution in [-0.2, 0) is 4.79 Å². The molecule has 0 saturated carbocycles. The quantitative estimate of drug-likeness (QED) is 0.827. The predicted molar refractivity (Wildman–Crippen MR) is 78.0 cm³/mol. The van der Waals surface area contributed by atoms with Crippen molar-refractivity contribution in [1.29, 1.82) is 0 Å². The molecule has 1 fully saturated rings. The van der Waals surface area contributed by atoms with Crippen LogP contribution in [0.3, 0.4) is 0 Å². The highest BCUT2D eigenvalue weighted by atomic mass is 16.3. The molecular formula is C15H30N2O2. The number of hydrogen-bond acceptors (Lipinski definition) is 3. The van der Waals surface area contributed by atoms with Gasteiger partial charge in [0.15, 0.2) is 5.60 Å². The molecule has 0 aromatic heterocycles. The van der Waals surface area contributed by atoms with E-state index in [1.165, 1.54) is 0 Å². The molecule has 0 spiro atoms. The number of nitrogens with zero attached hydrogens (tertiary/aromatic N) is 2. The van der Waals surface area contributed by atoms with Crippen LogP contribution in [0.2, 0.25) is 0 Å². The van der Waals surface area contributed by atoms with Crippen molar-refractivity contribution < 1.29 is 9.90 Å². The summed E-state index contributed by atoms with van der Waals surface area (Å²) < 4.78 is 0. The number of amides is 1. The van der Waals surface area contributed by atoms with Crippen LogP contribution < -0.4 is 0 Å². The predicted octanol–water partition coefficient (Wildman–Crippen LogP) is 1.73. The average molecular weight is 270 g/mol. The maximum Gasteiger partial charge on any atom is 0.255 e. The Balaban J connectivity index is 2.76. The molecule has 1 atom stereocenters. The summed E-state index contributed by atoms with van der Waals surface area (Å²) in [6, 6.07) is 0. The molecule has 0 aromatic rings. The van der Waals surface area contributed by atoms with Crippen LogP contribution >= 0.6 is 0 Å². The van der Waals surface area contributed by atoms with Crippen LogP contribution in [0.5, 0.6) is 0 Å². The zero-order chi connectivity index (χ0) is 14.7. The fraction of sp³-hybridized carbons (Fsp3) is 0.933. The largest absolute Gasteiger partial charge is 0.379 e. The van der Waals surface area contributed by atoms with E-state index < -0.39 is 5.60 Å². The first-order valence-electron chi connectivity index (χ1n) is 7.46.